The summed E-state index contributed by atoms with van der Waals surface area (Å²) in [7, 11) is 0. The van der Waals surface area contributed by atoms with E-state index < -0.39 is 31.1 Å². The fourth-order valence-corrected chi connectivity index (χ4v) is 1.71. The van der Waals surface area contributed by atoms with Crippen molar-refractivity contribution in [2.75, 3.05) is 19.8 Å². The summed E-state index contributed by atoms with van der Waals surface area (Å²) < 4.78 is 20.3. The topological polar surface area (TPSA) is 97.1 Å². The molecule has 7 nitrogen and oxygen atoms in total. The largest absolute Gasteiger partial charge is 0.455 e. The van der Waals surface area contributed by atoms with E-state index in [9.17, 15) is 9.59 Å². The van der Waals surface area contributed by atoms with Crippen LogP contribution in [0.15, 0.2) is 30.3 Å². The summed E-state index contributed by atoms with van der Waals surface area (Å²) >= 11 is 0. The van der Waals surface area contributed by atoms with Gasteiger partial charge in [0.25, 0.3) is 0 Å². The number of ether oxygens (including phenoxy) is 4. The zero-order valence-electron chi connectivity index (χ0n) is 10.7. The lowest BCUT2D eigenvalue weighted by molar-refractivity contribution is -0.230. The van der Waals surface area contributed by atoms with Crippen LogP contribution in [0.3, 0.4) is 0 Å². The molecule has 1 fully saturated rings. The Morgan fingerprint density at radius 2 is 1.85 bits per heavy atom. The van der Waals surface area contributed by atoms with Crippen LogP contribution >= 0.6 is 0 Å². The van der Waals surface area contributed by atoms with Crippen LogP contribution in [0.5, 0.6) is 0 Å². The van der Waals surface area contributed by atoms with Gasteiger partial charge in [0.2, 0.25) is 0 Å². The fourth-order valence-electron chi connectivity index (χ4n) is 1.71. The third-order valence-corrected chi connectivity index (χ3v) is 2.57. The van der Waals surface area contributed by atoms with Crippen LogP contribution in [0.25, 0.3) is 0 Å². The fraction of sp³-hybridized carbons (Fsp3) is 0.385. The van der Waals surface area contributed by atoms with Gasteiger partial charge in [0.05, 0.1) is 13.2 Å². The maximum absolute atomic E-state index is 11.3. The summed E-state index contributed by atoms with van der Waals surface area (Å²) in [6, 6.07) is 9.44. The van der Waals surface area contributed by atoms with E-state index in [1.165, 1.54) is 0 Å². The molecule has 1 amide bonds. The van der Waals surface area contributed by atoms with Gasteiger partial charge in [-0.15, -0.1) is 0 Å². The SMILES string of the molecule is NC(=O)OCC(=O)OC1COC(c2ccccc2)OC1. The lowest BCUT2D eigenvalue weighted by Gasteiger charge is -2.29. The molecule has 1 aromatic rings. The quantitative estimate of drug-likeness (QED) is 0.817. The number of amides is 1. The van der Waals surface area contributed by atoms with Crippen LogP contribution in [0.4, 0.5) is 4.79 Å². The number of hydrogen-bond acceptors (Lipinski definition) is 6. The molecule has 1 saturated heterocycles. The number of carbonyl (C=O) groups is 2. The molecule has 7 heteroatoms. The zero-order valence-corrected chi connectivity index (χ0v) is 10.7. The number of esters is 1. The van der Waals surface area contributed by atoms with E-state index in [1.54, 1.807) is 0 Å². The third-order valence-electron chi connectivity index (χ3n) is 2.57. The Bertz CT molecular complexity index is 455. The standard InChI is InChI=1S/C13H15NO6/c14-13(16)19-8-11(15)20-10-6-17-12(18-7-10)9-4-2-1-3-5-9/h1-5,10,12H,6-8H2,(H2,14,16). The summed E-state index contributed by atoms with van der Waals surface area (Å²) in [5.41, 5.74) is 5.64. The Morgan fingerprint density at radius 3 is 2.45 bits per heavy atom. The van der Waals surface area contributed by atoms with E-state index >= 15 is 0 Å². The van der Waals surface area contributed by atoms with Crippen LogP contribution in [-0.2, 0) is 23.7 Å². The summed E-state index contributed by atoms with van der Waals surface area (Å²) in [5, 5.41) is 0. The van der Waals surface area contributed by atoms with Crippen molar-refractivity contribution in [1.29, 1.82) is 0 Å². The number of benzene rings is 1. The molecule has 108 valence electrons. The molecule has 0 atom stereocenters. The van der Waals surface area contributed by atoms with Crippen molar-refractivity contribution in [2.45, 2.75) is 12.4 Å². The molecule has 0 aromatic heterocycles. The molecule has 0 spiro atoms. The first-order chi connectivity index (χ1) is 9.65. The molecule has 0 saturated carbocycles. The van der Waals surface area contributed by atoms with Gasteiger partial charge in [-0.25, -0.2) is 9.59 Å². The zero-order chi connectivity index (χ0) is 14.4. The monoisotopic (exact) mass is 281 g/mol. The predicted octanol–water partition coefficient (Wildman–Crippen LogP) is 0.739. The van der Waals surface area contributed by atoms with E-state index in [1.807, 2.05) is 30.3 Å². The van der Waals surface area contributed by atoms with E-state index in [2.05, 4.69) is 4.74 Å². The maximum Gasteiger partial charge on any atom is 0.405 e. The minimum atomic E-state index is -1.03. The van der Waals surface area contributed by atoms with Gasteiger partial charge in [0.15, 0.2) is 12.9 Å². The number of carbonyl (C=O) groups excluding carboxylic acids is 2. The Labute approximate surface area is 115 Å². The molecular weight excluding hydrogens is 266 g/mol. The van der Waals surface area contributed by atoms with Gasteiger partial charge in [0, 0.05) is 5.56 Å². The molecular formula is C13H15NO6. The molecule has 1 aliphatic rings. The number of primary amides is 1. The molecule has 0 aliphatic carbocycles. The highest BCUT2D eigenvalue weighted by Crippen LogP contribution is 2.23. The van der Waals surface area contributed by atoms with Crippen molar-refractivity contribution in [3.63, 3.8) is 0 Å². The highest BCUT2D eigenvalue weighted by molar-refractivity contribution is 5.74. The highest BCUT2D eigenvalue weighted by Gasteiger charge is 2.26. The molecule has 1 heterocycles. The first kappa shape index (κ1) is 14.3. The lowest BCUT2D eigenvalue weighted by atomic mass is 10.2. The van der Waals surface area contributed by atoms with Gasteiger partial charge in [-0.3, -0.25) is 0 Å². The second-order valence-corrected chi connectivity index (χ2v) is 4.13. The van der Waals surface area contributed by atoms with E-state index in [4.69, 9.17) is 19.9 Å². The van der Waals surface area contributed by atoms with Crippen molar-refractivity contribution in [3.8, 4) is 0 Å². The molecule has 0 radical (unpaired) electrons. The molecule has 0 bridgehead atoms. The van der Waals surface area contributed by atoms with Crippen molar-refractivity contribution in [2.24, 2.45) is 5.73 Å². The first-order valence-electron chi connectivity index (χ1n) is 6.05. The third kappa shape index (κ3) is 4.22. The Kier molecular flexibility index (Phi) is 4.91. The van der Waals surface area contributed by atoms with Crippen LogP contribution in [0.2, 0.25) is 0 Å². The van der Waals surface area contributed by atoms with E-state index in [0.717, 1.165) is 5.56 Å². The molecule has 1 aromatic carbocycles. The molecule has 20 heavy (non-hydrogen) atoms. The normalized spacial score (nSPS) is 22.0. The average molecular weight is 281 g/mol. The van der Waals surface area contributed by atoms with Crippen molar-refractivity contribution >= 4 is 12.1 Å². The van der Waals surface area contributed by atoms with Gasteiger partial charge in [-0.1, -0.05) is 30.3 Å². The molecule has 2 N–H and O–H groups in total. The van der Waals surface area contributed by atoms with Gasteiger partial charge < -0.3 is 24.7 Å². The predicted molar refractivity (Wildman–Crippen MR) is 66.5 cm³/mol. The first-order valence-corrected chi connectivity index (χ1v) is 6.05. The minimum Gasteiger partial charge on any atom is -0.455 e. The van der Waals surface area contributed by atoms with Crippen LogP contribution in [0, 0.1) is 0 Å². The van der Waals surface area contributed by atoms with Crippen molar-refractivity contribution in [3.05, 3.63) is 35.9 Å². The smallest absolute Gasteiger partial charge is 0.405 e. The van der Waals surface area contributed by atoms with E-state index in [0.29, 0.717) is 0 Å². The van der Waals surface area contributed by atoms with Gasteiger partial charge >= 0.3 is 12.1 Å². The van der Waals surface area contributed by atoms with Crippen LogP contribution < -0.4 is 5.73 Å². The second-order valence-electron chi connectivity index (χ2n) is 4.13. The summed E-state index contributed by atoms with van der Waals surface area (Å²) in [4.78, 5) is 21.6. The summed E-state index contributed by atoms with van der Waals surface area (Å²) in [6.45, 7) is -0.0995. The minimum absolute atomic E-state index is 0.210. The summed E-state index contributed by atoms with van der Waals surface area (Å²) in [5.74, 6) is -0.695. The van der Waals surface area contributed by atoms with Gasteiger partial charge in [0.1, 0.15) is 6.10 Å². The van der Waals surface area contributed by atoms with Gasteiger partial charge in [-0.2, -0.15) is 0 Å². The van der Waals surface area contributed by atoms with Crippen LogP contribution in [-0.4, -0.2) is 38.0 Å². The van der Waals surface area contributed by atoms with Gasteiger partial charge in [-0.05, 0) is 0 Å². The Balaban J connectivity index is 1.74. The lowest BCUT2D eigenvalue weighted by Crippen LogP contribution is -2.36. The highest BCUT2D eigenvalue weighted by atomic mass is 16.7. The number of rotatable bonds is 4. The maximum atomic E-state index is 11.3. The Hall–Kier alpha value is -2.12. The number of nitrogens with two attached hydrogens (primary N) is 1. The molecule has 2 rings (SSSR count). The van der Waals surface area contributed by atoms with E-state index in [-0.39, 0.29) is 13.2 Å². The Morgan fingerprint density at radius 1 is 1.20 bits per heavy atom. The second kappa shape index (κ2) is 6.88. The molecule has 1 aliphatic heterocycles. The van der Waals surface area contributed by atoms with Crippen molar-refractivity contribution in [1.82, 2.24) is 0 Å². The number of hydrogen-bond donors (Lipinski definition) is 1. The van der Waals surface area contributed by atoms with Crippen molar-refractivity contribution < 1.29 is 28.5 Å². The summed E-state index contributed by atoms with van der Waals surface area (Å²) in [6.07, 6.45) is -2.02. The average Bonchev–Trinajstić information content (AvgIpc) is 2.47. The molecule has 0 unspecified atom stereocenters. The van der Waals surface area contributed by atoms with Crippen LogP contribution in [0.1, 0.15) is 11.9 Å².